The molecule has 0 aliphatic rings. The van der Waals surface area contributed by atoms with Gasteiger partial charge in [-0.15, -0.1) is 22.7 Å². The van der Waals surface area contributed by atoms with Crippen molar-refractivity contribution in [2.24, 2.45) is 0 Å². The molecule has 0 saturated carbocycles. The van der Waals surface area contributed by atoms with Crippen LogP contribution in [0.2, 0.25) is 0 Å². The van der Waals surface area contributed by atoms with Crippen molar-refractivity contribution in [3.63, 3.8) is 0 Å². The molecule has 0 bridgehead atoms. The molecular weight excluding hydrogens is 296 g/mol. The van der Waals surface area contributed by atoms with Crippen LogP contribution in [0.25, 0.3) is 9.40 Å². The van der Waals surface area contributed by atoms with Crippen molar-refractivity contribution < 1.29 is 8.78 Å². The number of halogens is 2. The highest BCUT2D eigenvalue weighted by molar-refractivity contribution is 7.27. The third-order valence-corrected chi connectivity index (χ3v) is 5.23. The molecule has 0 aliphatic heterocycles. The van der Waals surface area contributed by atoms with Gasteiger partial charge in [0.05, 0.1) is 6.04 Å². The van der Waals surface area contributed by atoms with Gasteiger partial charge in [-0.2, -0.15) is 0 Å². The minimum absolute atomic E-state index is 0.171. The van der Waals surface area contributed by atoms with Gasteiger partial charge in [0.2, 0.25) is 0 Å². The number of fused-ring (bicyclic) bond motifs is 1. The Morgan fingerprint density at radius 3 is 2.50 bits per heavy atom. The molecule has 0 radical (unpaired) electrons. The molecular formula is C15H13F2NS2. The average molecular weight is 309 g/mol. The van der Waals surface area contributed by atoms with Gasteiger partial charge < -0.3 is 5.32 Å². The number of benzene rings is 1. The Labute approximate surface area is 123 Å². The summed E-state index contributed by atoms with van der Waals surface area (Å²) in [7, 11) is 0. The van der Waals surface area contributed by atoms with Crippen molar-refractivity contribution in [1.82, 2.24) is 5.32 Å². The fraction of sp³-hybridized carbons (Fsp3) is 0.200. The van der Waals surface area contributed by atoms with Crippen LogP contribution in [-0.2, 0) is 0 Å². The zero-order valence-electron chi connectivity index (χ0n) is 10.8. The van der Waals surface area contributed by atoms with E-state index in [1.165, 1.54) is 21.5 Å². The maximum Gasteiger partial charge on any atom is 0.126 e. The summed E-state index contributed by atoms with van der Waals surface area (Å²) >= 11 is 3.34. The van der Waals surface area contributed by atoms with E-state index in [0.717, 1.165) is 17.5 Å². The highest BCUT2D eigenvalue weighted by Crippen LogP contribution is 2.36. The van der Waals surface area contributed by atoms with Gasteiger partial charge in [0.15, 0.2) is 0 Å². The Morgan fingerprint density at radius 2 is 1.85 bits per heavy atom. The second-order valence-corrected chi connectivity index (χ2v) is 6.55. The molecule has 0 aliphatic carbocycles. The van der Waals surface area contributed by atoms with Crippen LogP contribution >= 0.6 is 22.7 Å². The van der Waals surface area contributed by atoms with Gasteiger partial charge in [-0.05, 0) is 41.8 Å². The van der Waals surface area contributed by atoms with Crippen LogP contribution < -0.4 is 5.32 Å². The summed E-state index contributed by atoms with van der Waals surface area (Å²) in [6.45, 7) is 2.72. The molecule has 0 fully saturated rings. The molecule has 3 rings (SSSR count). The summed E-state index contributed by atoms with van der Waals surface area (Å²) < 4.78 is 29.3. The molecule has 0 saturated heterocycles. The van der Waals surface area contributed by atoms with Gasteiger partial charge in [0.25, 0.3) is 0 Å². The van der Waals surface area contributed by atoms with E-state index in [-0.39, 0.29) is 6.04 Å². The first-order valence-electron chi connectivity index (χ1n) is 6.33. The van der Waals surface area contributed by atoms with Crippen LogP contribution in [0.1, 0.15) is 23.4 Å². The molecule has 104 valence electrons. The van der Waals surface area contributed by atoms with Gasteiger partial charge in [0.1, 0.15) is 11.6 Å². The second-order valence-electron chi connectivity index (χ2n) is 4.49. The van der Waals surface area contributed by atoms with Gasteiger partial charge in [-0.25, -0.2) is 8.78 Å². The first-order chi connectivity index (χ1) is 9.67. The molecule has 3 aromatic rings. The van der Waals surface area contributed by atoms with Crippen LogP contribution in [0.5, 0.6) is 0 Å². The Bertz CT molecular complexity index is 684. The molecule has 1 nitrogen and oxygen atoms in total. The van der Waals surface area contributed by atoms with Gasteiger partial charge in [-0.1, -0.05) is 6.92 Å². The molecule has 20 heavy (non-hydrogen) atoms. The number of nitrogens with one attached hydrogen (secondary N) is 1. The van der Waals surface area contributed by atoms with Crippen molar-refractivity contribution in [3.8, 4) is 0 Å². The lowest BCUT2D eigenvalue weighted by Crippen LogP contribution is -2.21. The highest BCUT2D eigenvalue weighted by Gasteiger charge is 2.18. The average Bonchev–Trinajstić information content (AvgIpc) is 2.95. The van der Waals surface area contributed by atoms with E-state index >= 15 is 0 Å². The van der Waals surface area contributed by atoms with Crippen LogP contribution in [0.15, 0.2) is 35.7 Å². The highest BCUT2D eigenvalue weighted by atomic mass is 32.1. The van der Waals surface area contributed by atoms with E-state index in [4.69, 9.17) is 0 Å². The van der Waals surface area contributed by atoms with Crippen molar-refractivity contribution in [2.75, 3.05) is 6.54 Å². The van der Waals surface area contributed by atoms with Gasteiger partial charge in [-0.3, -0.25) is 0 Å². The molecule has 0 spiro atoms. The topological polar surface area (TPSA) is 12.0 Å². The number of hydrogen-bond donors (Lipinski definition) is 1. The maximum absolute atomic E-state index is 13.4. The summed E-state index contributed by atoms with van der Waals surface area (Å²) in [5.41, 5.74) is 0.623. The lowest BCUT2D eigenvalue weighted by Gasteiger charge is -2.17. The summed E-state index contributed by atoms with van der Waals surface area (Å²) in [6.07, 6.45) is 0. The molecule has 2 heterocycles. The lowest BCUT2D eigenvalue weighted by molar-refractivity contribution is 0.567. The largest absolute Gasteiger partial charge is 0.306 e. The van der Waals surface area contributed by atoms with Crippen molar-refractivity contribution in [3.05, 3.63) is 57.8 Å². The Hall–Kier alpha value is -1.30. The SMILES string of the molecule is CCNC(c1cc(F)cc(F)c1)c1cc2sccc2s1. The molecule has 1 atom stereocenters. The summed E-state index contributed by atoms with van der Waals surface area (Å²) in [6, 6.07) is 7.69. The van der Waals surface area contributed by atoms with E-state index < -0.39 is 11.6 Å². The van der Waals surface area contributed by atoms with Crippen LogP contribution in [0.4, 0.5) is 8.78 Å². The summed E-state index contributed by atoms with van der Waals surface area (Å²) in [5, 5.41) is 5.35. The monoisotopic (exact) mass is 309 g/mol. The van der Waals surface area contributed by atoms with E-state index in [9.17, 15) is 8.78 Å². The fourth-order valence-corrected chi connectivity index (χ4v) is 4.48. The molecule has 1 aromatic carbocycles. The normalized spacial score (nSPS) is 12.9. The van der Waals surface area contributed by atoms with Crippen molar-refractivity contribution >= 4 is 32.1 Å². The Kier molecular flexibility index (Phi) is 3.83. The summed E-state index contributed by atoms with van der Waals surface area (Å²) in [4.78, 5) is 1.08. The maximum atomic E-state index is 13.4. The van der Waals surface area contributed by atoms with Crippen LogP contribution in [-0.4, -0.2) is 6.54 Å². The van der Waals surface area contributed by atoms with Crippen molar-refractivity contribution in [1.29, 1.82) is 0 Å². The third kappa shape index (κ3) is 2.61. The Morgan fingerprint density at radius 1 is 1.10 bits per heavy atom. The third-order valence-electron chi connectivity index (χ3n) is 3.07. The first-order valence-corrected chi connectivity index (χ1v) is 8.03. The van der Waals surface area contributed by atoms with Crippen LogP contribution in [0.3, 0.4) is 0 Å². The van der Waals surface area contributed by atoms with Crippen LogP contribution in [0, 0.1) is 11.6 Å². The van der Waals surface area contributed by atoms with E-state index in [0.29, 0.717) is 5.56 Å². The lowest BCUT2D eigenvalue weighted by atomic mass is 10.0. The predicted molar refractivity (Wildman–Crippen MR) is 81.6 cm³/mol. The quantitative estimate of drug-likeness (QED) is 0.720. The smallest absolute Gasteiger partial charge is 0.126 e. The molecule has 1 N–H and O–H groups in total. The first kappa shape index (κ1) is 13.7. The minimum atomic E-state index is -0.540. The number of rotatable bonds is 4. The van der Waals surface area contributed by atoms with E-state index in [1.54, 1.807) is 22.7 Å². The zero-order valence-corrected chi connectivity index (χ0v) is 12.5. The van der Waals surface area contributed by atoms with Crippen molar-refractivity contribution in [2.45, 2.75) is 13.0 Å². The molecule has 0 amide bonds. The number of hydrogen-bond acceptors (Lipinski definition) is 3. The second kappa shape index (κ2) is 5.60. The standard InChI is InChI=1S/C15H13F2NS2/c1-2-18-15(9-5-10(16)7-11(17)6-9)14-8-13-12(20-14)3-4-19-13/h3-8,15,18H,2H2,1H3. The number of thiophene rings is 2. The fourth-order valence-electron chi connectivity index (χ4n) is 2.26. The predicted octanol–water partition coefficient (Wildman–Crippen LogP) is 4.94. The molecule has 2 aromatic heterocycles. The Balaban J connectivity index is 2.05. The minimum Gasteiger partial charge on any atom is -0.306 e. The van der Waals surface area contributed by atoms with Gasteiger partial charge in [0, 0.05) is 20.3 Å². The van der Waals surface area contributed by atoms with E-state index in [2.05, 4.69) is 22.8 Å². The zero-order chi connectivity index (χ0) is 14.1. The molecule has 5 heteroatoms. The summed E-state index contributed by atoms with van der Waals surface area (Å²) in [5.74, 6) is -1.08. The molecule has 1 unspecified atom stereocenters. The van der Waals surface area contributed by atoms with Gasteiger partial charge >= 0.3 is 0 Å². The van der Waals surface area contributed by atoms with E-state index in [1.807, 2.05) is 6.92 Å².